The summed E-state index contributed by atoms with van der Waals surface area (Å²) in [4.78, 5) is 19.6. The lowest BCUT2D eigenvalue weighted by Gasteiger charge is -2.16. The van der Waals surface area contributed by atoms with E-state index in [0.29, 0.717) is 0 Å². The van der Waals surface area contributed by atoms with Crippen LogP contribution in [0.15, 0.2) is 42.1 Å². The Morgan fingerprint density at radius 1 is 0.750 bits per heavy atom. The number of oxime groups is 1. The van der Waals surface area contributed by atoms with E-state index in [2.05, 4.69) is 57.2 Å². The number of aldehydes is 1. The summed E-state index contributed by atoms with van der Waals surface area (Å²) in [6, 6.07) is 4.21. The van der Waals surface area contributed by atoms with Gasteiger partial charge in [0.25, 0.3) is 0 Å². The van der Waals surface area contributed by atoms with Crippen molar-refractivity contribution >= 4 is 12.5 Å². The van der Waals surface area contributed by atoms with Crippen molar-refractivity contribution in [1.82, 2.24) is 19.1 Å². The third-order valence-corrected chi connectivity index (χ3v) is 7.19. The van der Waals surface area contributed by atoms with Gasteiger partial charge in [-0.25, -0.2) is 9.97 Å². The number of aromatic nitrogens is 4. The highest BCUT2D eigenvalue weighted by Gasteiger charge is 2.12. The Morgan fingerprint density at radius 2 is 1.15 bits per heavy atom. The van der Waals surface area contributed by atoms with Gasteiger partial charge in [0.2, 0.25) is 0 Å². The fourth-order valence-corrected chi connectivity index (χ4v) is 4.89. The Hall–Kier alpha value is -4.04. The van der Waals surface area contributed by atoms with E-state index >= 15 is 0 Å². The molecule has 0 bridgehead atoms. The van der Waals surface area contributed by atoms with Crippen LogP contribution < -0.4 is 0 Å². The molecule has 0 aliphatic carbocycles. The van der Waals surface area contributed by atoms with Crippen LogP contribution in [0, 0.1) is 55.4 Å². The van der Waals surface area contributed by atoms with Crippen LogP contribution in [0.5, 0.6) is 0 Å². The number of carbonyl (C=O) groups excluding carboxylic acids is 1. The maximum absolute atomic E-state index is 11.2. The molecule has 0 aliphatic heterocycles. The summed E-state index contributed by atoms with van der Waals surface area (Å²) in [5, 5.41) is 19.5. The molecule has 4 rings (SSSR count). The molecule has 4 aromatic rings. The molecule has 8 nitrogen and oxygen atoms in total. The van der Waals surface area contributed by atoms with Crippen molar-refractivity contribution in [2.24, 2.45) is 5.16 Å². The van der Waals surface area contributed by atoms with E-state index in [1.54, 1.807) is 13.1 Å². The Kier molecular flexibility index (Phi) is 12.0. The maximum atomic E-state index is 11.2. The Bertz CT molecular complexity index is 1460. The van der Waals surface area contributed by atoms with Crippen molar-refractivity contribution in [2.75, 3.05) is 6.61 Å². The second kappa shape index (κ2) is 14.9. The minimum atomic E-state index is 0.250. The smallest absolute Gasteiger partial charge is 0.150 e. The fraction of sp³-hybridized carbons (Fsp3) is 0.375. The first-order valence-electron chi connectivity index (χ1n) is 13.4. The average molecular weight is 546 g/mol. The van der Waals surface area contributed by atoms with Crippen LogP contribution in [-0.2, 0) is 13.1 Å². The molecule has 0 amide bonds. The average Bonchev–Trinajstić information content (AvgIpc) is 3.50. The zero-order chi connectivity index (χ0) is 30.0. The van der Waals surface area contributed by atoms with Crippen LogP contribution in [0.1, 0.15) is 79.0 Å². The van der Waals surface area contributed by atoms with Crippen LogP contribution in [0.3, 0.4) is 0 Å². The number of imidazole rings is 2. The number of nitrogens with zero attached hydrogens (tertiary/aromatic N) is 5. The highest BCUT2D eigenvalue weighted by atomic mass is 16.4. The zero-order valence-electron chi connectivity index (χ0n) is 25.3. The summed E-state index contributed by atoms with van der Waals surface area (Å²) in [7, 11) is 0. The van der Waals surface area contributed by atoms with Gasteiger partial charge in [0.15, 0.2) is 6.29 Å². The van der Waals surface area contributed by atoms with Gasteiger partial charge in [0.1, 0.15) is 11.6 Å². The number of rotatable bonds is 6. The van der Waals surface area contributed by atoms with Gasteiger partial charge >= 0.3 is 0 Å². The van der Waals surface area contributed by atoms with E-state index in [0.717, 1.165) is 64.4 Å². The second-order valence-electron chi connectivity index (χ2n) is 9.94. The van der Waals surface area contributed by atoms with Crippen molar-refractivity contribution in [3.05, 3.63) is 104 Å². The number of aliphatic hydroxyl groups excluding tert-OH is 1. The molecule has 0 saturated carbocycles. The van der Waals surface area contributed by atoms with Crippen LogP contribution >= 0.6 is 0 Å². The van der Waals surface area contributed by atoms with E-state index in [1.807, 2.05) is 53.2 Å². The van der Waals surface area contributed by atoms with E-state index in [4.69, 9.17) is 10.3 Å². The first-order chi connectivity index (χ1) is 19.0. The van der Waals surface area contributed by atoms with Crippen molar-refractivity contribution in [2.45, 2.75) is 75.4 Å². The number of benzene rings is 2. The molecule has 40 heavy (non-hydrogen) atoms. The van der Waals surface area contributed by atoms with E-state index < -0.39 is 0 Å². The van der Waals surface area contributed by atoms with E-state index in [9.17, 15) is 4.79 Å². The van der Waals surface area contributed by atoms with Gasteiger partial charge in [-0.15, -0.1) is 0 Å². The monoisotopic (exact) mass is 545 g/mol. The maximum Gasteiger partial charge on any atom is 0.150 e. The molecule has 2 aromatic carbocycles. The van der Waals surface area contributed by atoms with Crippen molar-refractivity contribution in [1.29, 1.82) is 0 Å². The summed E-state index contributed by atoms with van der Waals surface area (Å²) in [6.07, 6.45) is 10.0. The van der Waals surface area contributed by atoms with Gasteiger partial charge in [0.05, 0.1) is 6.21 Å². The minimum absolute atomic E-state index is 0.250. The van der Waals surface area contributed by atoms with Gasteiger partial charge < -0.3 is 19.4 Å². The molecule has 0 fully saturated rings. The molecule has 2 aromatic heterocycles. The van der Waals surface area contributed by atoms with Crippen LogP contribution in [0.2, 0.25) is 0 Å². The molecule has 8 heteroatoms. The Labute approximate surface area is 238 Å². The first kappa shape index (κ1) is 32.2. The minimum Gasteiger partial charge on any atom is -0.411 e. The third kappa shape index (κ3) is 7.76. The van der Waals surface area contributed by atoms with E-state index in [-0.39, 0.29) is 6.61 Å². The highest BCUT2D eigenvalue weighted by molar-refractivity contribution is 5.84. The standard InChI is InChI=1S/C15H19N3O.C15H18N2O.C2H6O/c1-10-7-11(2)15(12(3)14(10)8-17-19)9-18-6-5-16-13(18)4;1-10-7-11(2)15(9-18)12(3)14(10)8-17-6-5-16-13(17)4;1-2-3/h5-8,19H,9H2,1-4H3;5-7,9H,8H2,1-4H3;3H,2H2,1H3/b17-8+;;. The fourth-order valence-electron chi connectivity index (χ4n) is 4.89. The number of aryl methyl sites for hydroxylation is 6. The van der Waals surface area contributed by atoms with Crippen LogP contribution in [-0.4, -0.2) is 48.5 Å². The quantitative estimate of drug-likeness (QED) is 0.135. The van der Waals surface area contributed by atoms with Crippen LogP contribution in [0.4, 0.5) is 0 Å². The van der Waals surface area contributed by atoms with Gasteiger partial charge in [-0.2, -0.15) is 0 Å². The SMILES string of the molecule is CCO.Cc1cc(C)c(Cn2ccnc2C)c(C)c1/C=N/O.Cc1cc(C)c(Cn2ccnc2C)c(C)c1C=O. The molecule has 0 radical (unpaired) electrons. The predicted octanol–water partition coefficient (Wildman–Crippen LogP) is 5.95. The van der Waals surface area contributed by atoms with Gasteiger partial charge in [-0.3, -0.25) is 4.79 Å². The molecule has 0 spiro atoms. The predicted molar refractivity (Wildman–Crippen MR) is 161 cm³/mol. The lowest BCUT2D eigenvalue weighted by Crippen LogP contribution is -2.07. The number of aliphatic hydroxyl groups is 1. The molecular formula is C32H43N5O3. The zero-order valence-corrected chi connectivity index (χ0v) is 25.3. The number of hydrogen-bond donors (Lipinski definition) is 2. The Morgan fingerprint density at radius 3 is 1.50 bits per heavy atom. The molecule has 2 N–H and O–H groups in total. The molecule has 214 valence electrons. The lowest BCUT2D eigenvalue weighted by atomic mass is 9.94. The Balaban J connectivity index is 0.000000256. The van der Waals surface area contributed by atoms with E-state index in [1.165, 1.54) is 28.5 Å². The number of hydrogen-bond acceptors (Lipinski definition) is 6. The third-order valence-electron chi connectivity index (χ3n) is 7.19. The molecule has 0 saturated heterocycles. The molecule has 2 heterocycles. The summed E-state index contributed by atoms with van der Waals surface area (Å²) >= 11 is 0. The number of carbonyl (C=O) groups is 1. The van der Waals surface area contributed by atoms with Gasteiger partial charge in [-0.05, 0) is 107 Å². The van der Waals surface area contributed by atoms with Crippen molar-refractivity contribution in [3.8, 4) is 0 Å². The largest absolute Gasteiger partial charge is 0.411 e. The molecule has 0 unspecified atom stereocenters. The summed E-state index contributed by atoms with van der Waals surface area (Å²) in [6.45, 7) is 19.8. The van der Waals surface area contributed by atoms with Gasteiger partial charge in [0, 0.05) is 55.6 Å². The molecule has 0 aliphatic rings. The lowest BCUT2D eigenvalue weighted by molar-refractivity contribution is 0.112. The van der Waals surface area contributed by atoms with Crippen molar-refractivity contribution < 1.29 is 15.1 Å². The second-order valence-corrected chi connectivity index (χ2v) is 9.94. The molecule has 0 atom stereocenters. The van der Waals surface area contributed by atoms with Crippen molar-refractivity contribution in [3.63, 3.8) is 0 Å². The summed E-state index contributed by atoms with van der Waals surface area (Å²) in [5.74, 6) is 1.98. The topological polar surface area (TPSA) is 106 Å². The highest BCUT2D eigenvalue weighted by Crippen LogP contribution is 2.23. The summed E-state index contributed by atoms with van der Waals surface area (Å²) in [5.41, 5.74) is 11.1. The first-order valence-corrected chi connectivity index (χ1v) is 13.4. The molecular weight excluding hydrogens is 502 g/mol. The van der Waals surface area contributed by atoms with Gasteiger partial charge in [-0.1, -0.05) is 17.3 Å². The summed E-state index contributed by atoms with van der Waals surface area (Å²) < 4.78 is 4.21. The van der Waals surface area contributed by atoms with Crippen LogP contribution in [0.25, 0.3) is 0 Å². The normalized spacial score (nSPS) is 10.7.